The summed E-state index contributed by atoms with van der Waals surface area (Å²) in [6, 6.07) is 8.18. The summed E-state index contributed by atoms with van der Waals surface area (Å²) in [6.45, 7) is 18.7. The number of ether oxygens (including phenoxy) is 1. The third-order valence-corrected chi connectivity index (χ3v) is 11.7. The Balaban J connectivity index is 1.91. The fourth-order valence-corrected chi connectivity index (χ4v) is 5.29. The minimum absolute atomic E-state index is 0.110. The molecule has 1 saturated carbocycles. The molecule has 2 N–H and O–H groups in total. The Morgan fingerprint density at radius 2 is 1.76 bits per heavy atom. The van der Waals surface area contributed by atoms with Crippen molar-refractivity contribution >= 4 is 26.0 Å². The van der Waals surface area contributed by atoms with Crippen molar-refractivity contribution in [3.05, 3.63) is 34.9 Å². The molecule has 0 bridgehead atoms. The van der Waals surface area contributed by atoms with Crippen LogP contribution in [0.5, 0.6) is 0 Å². The molecule has 5 nitrogen and oxygen atoms in total. The van der Waals surface area contributed by atoms with Gasteiger partial charge < -0.3 is 19.8 Å². The lowest BCUT2D eigenvalue weighted by Crippen LogP contribution is -2.44. The molecule has 1 fully saturated rings. The molecule has 33 heavy (non-hydrogen) atoms. The lowest BCUT2D eigenvalue weighted by molar-refractivity contribution is 0.0473. The van der Waals surface area contributed by atoms with Crippen LogP contribution in [0.3, 0.4) is 0 Å². The fraction of sp³-hybridized carbons (Fsp3) is 0.731. The molecule has 1 amide bonds. The molecule has 188 valence electrons. The first-order valence-electron chi connectivity index (χ1n) is 12.3. The Bertz CT molecular complexity index is 766. The summed E-state index contributed by atoms with van der Waals surface area (Å²) in [5, 5.41) is 7.74. The summed E-state index contributed by atoms with van der Waals surface area (Å²) < 4.78 is 11.8. The highest BCUT2D eigenvalue weighted by Gasteiger charge is 2.37. The van der Waals surface area contributed by atoms with Crippen molar-refractivity contribution in [3.63, 3.8) is 0 Å². The van der Waals surface area contributed by atoms with Crippen molar-refractivity contribution in [1.82, 2.24) is 10.6 Å². The van der Waals surface area contributed by atoms with Crippen LogP contribution in [-0.4, -0.2) is 39.2 Å². The lowest BCUT2D eigenvalue weighted by Gasteiger charge is -2.37. The van der Waals surface area contributed by atoms with Gasteiger partial charge in [-0.05, 0) is 88.2 Å². The summed E-state index contributed by atoms with van der Waals surface area (Å²) in [5.74, 6) is 0.345. The highest BCUT2D eigenvalue weighted by Crippen LogP contribution is 2.37. The maximum Gasteiger partial charge on any atom is 0.408 e. The molecule has 2 rings (SSSR count). The van der Waals surface area contributed by atoms with Gasteiger partial charge in [0.15, 0.2) is 8.32 Å². The molecule has 1 unspecified atom stereocenters. The maximum absolute atomic E-state index is 12.6. The van der Waals surface area contributed by atoms with Crippen molar-refractivity contribution in [2.75, 3.05) is 13.2 Å². The van der Waals surface area contributed by atoms with Crippen LogP contribution in [0.15, 0.2) is 24.3 Å². The first-order chi connectivity index (χ1) is 15.2. The van der Waals surface area contributed by atoms with Crippen LogP contribution in [0.1, 0.15) is 78.8 Å². The predicted octanol–water partition coefficient (Wildman–Crippen LogP) is 7.08. The predicted molar refractivity (Wildman–Crippen MR) is 140 cm³/mol. The van der Waals surface area contributed by atoms with Crippen LogP contribution in [0.25, 0.3) is 0 Å². The molecule has 0 heterocycles. The number of hydrogen-bond donors (Lipinski definition) is 2. The van der Waals surface area contributed by atoms with E-state index < -0.39 is 13.9 Å². The Morgan fingerprint density at radius 1 is 1.12 bits per heavy atom. The van der Waals surface area contributed by atoms with E-state index in [1.165, 1.54) is 0 Å². The second-order valence-electron chi connectivity index (χ2n) is 11.9. The zero-order valence-corrected chi connectivity index (χ0v) is 23.6. The van der Waals surface area contributed by atoms with E-state index in [4.69, 9.17) is 20.8 Å². The zero-order chi connectivity index (χ0) is 24.9. The minimum atomic E-state index is -1.70. The number of nitrogens with one attached hydrogen (secondary N) is 2. The number of carbonyl (C=O) groups excluding carboxylic acids is 1. The quantitative estimate of drug-likeness (QED) is 0.298. The monoisotopic (exact) mass is 496 g/mol. The molecular formula is C26H45ClN2O3Si. The number of hydrogen-bond acceptors (Lipinski definition) is 4. The Kier molecular flexibility index (Phi) is 9.87. The van der Waals surface area contributed by atoms with Gasteiger partial charge in [-0.25, -0.2) is 4.79 Å². The summed E-state index contributed by atoms with van der Waals surface area (Å²) in [5.41, 5.74) is 0.504. The van der Waals surface area contributed by atoms with Crippen molar-refractivity contribution in [1.29, 1.82) is 0 Å². The molecule has 1 aromatic rings. The van der Waals surface area contributed by atoms with E-state index in [2.05, 4.69) is 44.5 Å². The number of amides is 1. The molecule has 1 aliphatic rings. The Morgan fingerprint density at radius 3 is 2.30 bits per heavy atom. The van der Waals surface area contributed by atoms with E-state index in [0.29, 0.717) is 17.0 Å². The first-order valence-corrected chi connectivity index (χ1v) is 15.6. The molecule has 0 spiro atoms. The maximum atomic E-state index is 12.6. The van der Waals surface area contributed by atoms with E-state index in [0.717, 1.165) is 44.4 Å². The van der Waals surface area contributed by atoms with Crippen LogP contribution in [0, 0.1) is 5.92 Å². The van der Waals surface area contributed by atoms with Gasteiger partial charge in [0.05, 0.1) is 6.04 Å². The molecule has 0 saturated heterocycles. The highest BCUT2D eigenvalue weighted by atomic mass is 35.5. The Hall–Kier alpha value is -1.08. The molecule has 0 aromatic heterocycles. The van der Waals surface area contributed by atoms with E-state index in [1.54, 1.807) is 0 Å². The fourth-order valence-electron chi connectivity index (χ4n) is 4.05. The standard InChI is InChI=1S/C26H45ClN2O3Si/c1-25(2,3)32-24(30)29-23(20-10-9-11-21(27)18-20)19-12-14-22(15-13-19)28-16-17-31-33(7,8)26(4,5)6/h9-11,18-19,22-23,28H,12-17H2,1-8H3,(H,29,30). The average molecular weight is 497 g/mol. The van der Waals surface area contributed by atoms with Gasteiger partial charge in [0.25, 0.3) is 0 Å². The summed E-state index contributed by atoms with van der Waals surface area (Å²) in [4.78, 5) is 12.6. The van der Waals surface area contributed by atoms with Gasteiger partial charge in [-0.1, -0.05) is 44.5 Å². The van der Waals surface area contributed by atoms with E-state index >= 15 is 0 Å². The van der Waals surface area contributed by atoms with Crippen molar-refractivity contribution in [2.45, 2.75) is 103 Å². The number of benzene rings is 1. The van der Waals surface area contributed by atoms with Crippen LogP contribution in [0.4, 0.5) is 4.79 Å². The first kappa shape index (κ1) is 28.2. The summed E-state index contributed by atoms with van der Waals surface area (Å²) in [6.07, 6.45) is 3.85. The van der Waals surface area contributed by atoms with Gasteiger partial charge in [-0.15, -0.1) is 0 Å². The van der Waals surface area contributed by atoms with Crippen LogP contribution in [-0.2, 0) is 9.16 Å². The normalized spacial score (nSPS) is 20.9. The smallest absolute Gasteiger partial charge is 0.408 e. The SMILES string of the molecule is CC(C)(C)OC(=O)NC(c1cccc(Cl)c1)C1CCC(NCCO[Si](C)(C)C(C)(C)C)CC1. The topological polar surface area (TPSA) is 59.6 Å². The average Bonchev–Trinajstić information content (AvgIpc) is 2.68. The van der Waals surface area contributed by atoms with E-state index in [9.17, 15) is 4.79 Å². The van der Waals surface area contributed by atoms with Gasteiger partial charge >= 0.3 is 6.09 Å². The molecule has 1 aliphatic carbocycles. The number of carbonyl (C=O) groups is 1. The molecule has 0 radical (unpaired) electrons. The minimum Gasteiger partial charge on any atom is -0.444 e. The lowest BCUT2D eigenvalue weighted by atomic mass is 9.79. The second kappa shape index (κ2) is 11.6. The van der Waals surface area contributed by atoms with Gasteiger partial charge in [0.1, 0.15) is 5.60 Å². The highest BCUT2D eigenvalue weighted by molar-refractivity contribution is 6.74. The van der Waals surface area contributed by atoms with Crippen molar-refractivity contribution in [2.24, 2.45) is 5.92 Å². The van der Waals surface area contributed by atoms with Crippen molar-refractivity contribution < 1.29 is 14.0 Å². The van der Waals surface area contributed by atoms with Crippen molar-refractivity contribution in [3.8, 4) is 0 Å². The van der Waals surface area contributed by atoms with Gasteiger partial charge in [-0.2, -0.15) is 0 Å². The van der Waals surface area contributed by atoms with Crippen LogP contribution < -0.4 is 10.6 Å². The molecule has 7 heteroatoms. The van der Waals surface area contributed by atoms with Gasteiger partial charge in [0.2, 0.25) is 0 Å². The largest absolute Gasteiger partial charge is 0.444 e. The number of halogens is 1. The number of alkyl carbamates (subject to hydrolysis) is 1. The van der Waals surface area contributed by atoms with E-state index in [1.807, 2.05) is 45.0 Å². The summed E-state index contributed by atoms with van der Waals surface area (Å²) >= 11 is 6.26. The molecular weight excluding hydrogens is 452 g/mol. The molecule has 0 aliphatic heterocycles. The second-order valence-corrected chi connectivity index (χ2v) is 17.1. The van der Waals surface area contributed by atoms with E-state index in [-0.39, 0.29) is 17.2 Å². The third-order valence-electron chi connectivity index (χ3n) is 6.93. The molecule has 1 atom stereocenters. The van der Waals surface area contributed by atoms with Crippen LogP contribution in [0.2, 0.25) is 23.2 Å². The third kappa shape index (κ3) is 9.23. The summed E-state index contributed by atoms with van der Waals surface area (Å²) in [7, 11) is -1.70. The van der Waals surface area contributed by atoms with Gasteiger partial charge in [-0.3, -0.25) is 0 Å². The number of rotatable bonds is 8. The molecule has 1 aromatic carbocycles. The van der Waals surface area contributed by atoms with Crippen LogP contribution >= 0.6 is 11.6 Å². The van der Waals surface area contributed by atoms with Gasteiger partial charge in [0, 0.05) is 24.2 Å². The zero-order valence-electron chi connectivity index (χ0n) is 21.9. The Labute approximate surface area is 207 Å².